The normalized spacial score (nSPS) is 10.7. The van der Waals surface area contributed by atoms with Gasteiger partial charge in [0.1, 0.15) is 0 Å². The van der Waals surface area contributed by atoms with E-state index in [2.05, 4.69) is 10.4 Å². The van der Waals surface area contributed by atoms with Gasteiger partial charge >= 0.3 is 5.97 Å². The smallest absolute Gasteiger partial charge is 0.305 e. The fourth-order valence-electron chi connectivity index (χ4n) is 3.48. The largest absolute Gasteiger partial charge is 0.469 e. The van der Waals surface area contributed by atoms with Crippen LogP contribution in [-0.4, -0.2) is 35.9 Å². The quantitative estimate of drug-likeness (QED) is 0.556. The molecule has 0 saturated heterocycles. The van der Waals surface area contributed by atoms with Crippen molar-refractivity contribution >= 4 is 17.6 Å². The third-order valence-electron chi connectivity index (χ3n) is 5.12. The maximum absolute atomic E-state index is 12.6. The van der Waals surface area contributed by atoms with E-state index in [1.165, 1.54) is 7.11 Å². The summed E-state index contributed by atoms with van der Waals surface area (Å²) in [5.74, 6) is -0.428. The first kappa shape index (κ1) is 22.2. The van der Waals surface area contributed by atoms with Crippen molar-refractivity contribution in [1.29, 1.82) is 0 Å². The molecular formula is C24H27N3O4. The Morgan fingerprint density at radius 1 is 1.06 bits per heavy atom. The summed E-state index contributed by atoms with van der Waals surface area (Å²) < 4.78 is 11.7. The standard InChI is InChI=1S/C24H27N3O4/c1-16-22(12-13-23(28)31-4)17(2)27(26-16)21-10-8-19(9-11-21)24(29)25-20-7-5-6-18(14-20)15-30-3/h5-11,14H,12-13,15H2,1-4H3,(H,25,29). The van der Waals surface area contributed by atoms with E-state index in [0.29, 0.717) is 25.0 Å². The van der Waals surface area contributed by atoms with Crippen molar-refractivity contribution in [3.63, 3.8) is 0 Å². The van der Waals surface area contributed by atoms with Gasteiger partial charge in [-0.15, -0.1) is 0 Å². The Labute approximate surface area is 182 Å². The van der Waals surface area contributed by atoms with E-state index in [4.69, 9.17) is 9.47 Å². The maximum atomic E-state index is 12.6. The van der Waals surface area contributed by atoms with Crippen LogP contribution in [0.2, 0.25) is 0 Å². The highest BCUT2D eigenvalue weighted by Crippen LogP contribution is 2.20. The molecule has 7 nitrogen and oxygen atoms in total. The van der Waals surface area contributed by atoms with E-state index in [1.54, 1.807) is 19.2 Å². The van der Waals surface area contributed by atoms with Gasteiger partial charge in [-0.1, -0.05) is 12.1 Å². The molecule has 1 amide bonds. The molecule has 0 aliphatic heterocycles. The Bertz CT molecular complexity index is 1070. The molecule has 3 aromatic rings. The summed E-state index contributed by atoms with van der Waals surface area (Å²) in [5.41, 5.74) is 5.98. The molecular weight excluding hydrogens is 394 g/mol. The minimum atomic E-state index is -0.241. The van der Waals surface area contributed by atoms with E-state index in [9.17, 15) is 9.59 Å². The number of rotatable bonds is 8. The summed E-state index contributed by atoms with van der Waals surface area (Å²) in [5, 5.41) is 7.52. The summed E-state index contributed by atoms with van der Waals surface area (Å²) in [7, 11) is 3.03. The zero-order chi connectivity index (χ0) is 22.4. The highest BCUT2D eigenvalue weighted by molar-refractivity contribution is 6.04. The van der Waals surface area contributed by atoms with Gasteiger partial charge in [-0.05, 0) is 67.8 Å². The molecule has 7 heteroatoms. The van der Waals surface area contributed by atoms with Crippen LogP contribution < -0.4 is 5.32 Å². The Morgan fingerprint density at radius 2 is 1.81 bits per heavy atom. The summed E-state index contributed by atoms with van der Waals surface area (Å²) in [6, 6.07) is 14.8. The Morgan fingerprint density at radius 3 is 2.48 bits per heavy atom. The summed E-state index contributed by atoms with van der Waals surface area (Å²) in [6.45, 7) is 4.39. The third kappa shape index (κ3) is 5.38. The van der Waals surface area contributed by atoms with Crippen molar-refractivity contribution in [2.45, 2.75) is 33.3 Å². The molecule has 0 saturated carbocycles. The number of carbonyl (C=O) groups is 2. The Kier molecular flexibility index (Phi) is 7.20. The fraction of sp³-hybridized carbons (Fsp3) is 0.292. The van der Waals surface area contributed by atoms with Crippen molar-refractivity contribution < 1.29 is 19.1 Å². The molecule has 31 heavy (non-hydrogen) atoms. The van der Waals surface area contributed by atoms with E-state index in [1.807, 2.05) is 54.9 Å². The van der Waals surface area contributed by atoms with E-state index in [-0.39, 0.29) is 11.9 Å². The van der Waals surface area contributed by atoms with Crippen LogP contribution in [0.1, 0.15) is 39.3 Å². The summed E-state index contributed by atoms with van der Waals surface area (Å²) in [4.78, 5) is 24.1. The average Bonchev–Trinajstić information content (AvgIpc) is 3.06. The number of nitrogens with zero attached hydrogens (tertiary/aromatic N) is 2. The van der Waals surface area contributed by atoms with Crippen LogP contribution in [0, 0.1) is 13.8 Å². The highest BCUT2D eigenvalue weighted by atomic mass is 16.5. The van der Waals surface area contributed by atoms with Crippen molar-refractivity contribution in [3.05, 3.63) is 76.6 Å². The monoisotopic (exact) mass is 421 g/mol. The molecule has 0 atom stereocenters. The van der Waals surface area contributed by atoms with E-state index in [0.717, 1.165) is 33.9 Å². The number of hydrogen-bond donors (Lipinski definition) is 1. The second-order valence-corrected chi connectivity index (χ2v) is 7.27. The molecule has 0 aliphatic carbocycles. The molecule has 1 heterocycles. The number of carbonyl (C=O) groups excluding carboxylic acids is 2. The second kappa shape index (κ2) is 10.0. The molecule has 1 aromatic heterocycles. The van der Waals surface area contributed by atoms with Crippen LogP contribution in [0.3, 0.4) is 0 Å². The van der Waals surface area contributed by atoms with E-state index >= 15 is 0 Å². The topological polar surface area (TPSA) is 82.5 Å². The van der Waals surface area contributed by atoms with Crippen molar-refractivity contribution in [2.24, 2.45) is 0 Å². The number of esters is 1. The zero-order valence-electron chi connectivity index (χ0n) is 18.3. The van der Waals surface area contributed by atoms with Crippen LogP contribution in [0.25, 0.3) is 5.69 Å². The maximum Gasteiger partial charge on any atom is 0.305 e. The molecule has 0 fully saturated rings. The Hall–Kier alpha value is -3.45. The minimum Gasteiger partial charge on any atom is -0.469 e. The fourth-order valence-corrected chi connectivity index (χ4v) is 3.48. The number of aromatic nitrogens is 2. The lowest BCUT2D eigenvalue weighted by atomic mass is 10.1. The van der Waals surface area contributed by atoms with Crippen molar-refractivity contribution in [3.8, 4) is 5.69 Å². The van der Waals surface area contributed by atoms with Gasteiger partial charge in [-0.2, -0.15) is 5.10 Å². The molecule has 2 aromatic carbocycles. The van der Waals surface area contributed by atoms with Crippen LogP contribution in [0.15, 0.2) is 48.5 Å². The number of nitrogens with one attached hydrogen (secondary N) is 1. The number of ether oxygens (including phenoxy) is 2. The number of aryl methyl sites for hydroxylation is 1. The van der Waals surface area contributed by atoms with Crippen LogP contribution in [0.4, 0.5) is 5.69 Å². The molecule has 0 unspecified atom stereocenters. The van der Waals surface area contributed by atoms with Gasteiger partial charge in [-0.3, -0.25) is 9.59 Å². The molecule has 1 N–H and O–H groups in total. The minimum absolute atomic E-state index is 0.187. The van der Waals surface area contributed by atoms with Crippen LogP contribution >= 0.6 is 0 Å². The zero-order valence-corrected chi connectivity index (χ0v) is 18.3. The number of amides is 1. The number of hydrogen-bond acceptors (Lipinski definition) is 5. The number of benzene rings is 2. The number of anilines is 1. The van der Waals surface area contributed by atoms with E-state index < -0.39 is 0 Å². The Balaban J connectivity index is 1.73. The predicted octanol–water partition coefficient (Wildman–Crippen LogP) is 3.99. The summed E-state index contributed by atoms with van der Waals surface area (Å²) >= 11 is 0. The van der Waals surface area contributed by atoms with Gasteiger partial charge < -0.3 is 14.8 Å². The average molecular weight is 421 g/mol. The third-order valence-corrected chi connectivity index (χ3v) is 5.12. The number of methoxy groups -OCH3 is 2. The lowest BCUT2D eigenvalue weighted by Gasteiger charge is -2.09. The molecule has 3 rings (SSSR count). The van der Waals surface area contributed by atoms with Crippen LogP contribution in [0.5, 0.6) is 0 Å². The van der Waals surface area contributed by atoms with Crippen molar-refractivity contribution in [1.82, 2.24) is 9.78 Å². The second-order valence-electron chi connectivity index (χ2n) is 7.27. The molecule has 0 aliphatic rings. The lowest BCUT2D eigenvalue weighted by molar-refractivity contribution is -0.140. The first-order chi connectivity index (χ1) is 14.9. The van der Waals surface area contributed by atoms with Gasteiger partial charge in [-0.25, -0.2) is 4.68 Å². The first-order valence-electron chi connectivity index (χ1n) is 10.0. The summed E-state index contributed by atoms with van der Waals surface area (Å²) in [6.07, 6.45) is 0.890. The molecule has 0 spiro atoms. The van der Waals surface area contributed by atoms with Gasteiger partial charge in [0.05, 0.1) is 25.1 Å². The van der Waals surface area contributed by atoms with Crippen molar-refractivity contribution in [2.75, 3.05) is 19.5 Å². The predicted molar refractivity (Wildman–Crippen MR) is 118 cm³/mol. The first-order valence-corrected chi connectivity index (χ1v) is 10.0. The molecule has 0 bridgehead atoms. The molecule has 162 valence electrons. The molecule has 0 radical (unpaired) electrons. The van der Waals surface area contributed by atoms with Gasteiger partial charge in [0.2, 0.25) is 0 Å². The van der Waals surface area contributed by atoms with Gasteiger partial charge in [0.15, 0.2) is 0 Å². The van der Waals surface area contributed by atoms with Crippen LogP contribution in [-0.2, 0) is 27.3 Å². The van der Waals surface area contributed by atoms with Gasteiger partial charge in [0.25, 0.3) is 5.91 Å². The SMILES string of the molecule is COCc1cccc(NC(=O)c2ccc(-n3nc(C)c(CCC(=O)OC)c3C)cc2)c1. The van der Waals surface area contributed by atoms with Gasteiger partial charge in [0, 0.05) is 30.5 Å². The highest BCUT2D eigenvalue weighted by Gasteiger charge is 2.15. The lowest BCUT2D eigenvalue weighted by Crippen LogP contribution is -2.12.